The highest BCUT2D eigenvalue weighted by Gasteiger charge is 2.28. The molecule has 2 N–H and O–H groups in total. The number of aromatic nitrogens is 2. The first-order valence-corrected chi connectivity index (χ1v) is 7.50. The Balaban J connectivity index is 1.97. The SMILES string of the molecule is Cc1ccc(C2CCCN2c2nc(N)c(C)nc2C)cc1. The minimum atomic E-state index is 0.376. The third-order valence-corrected chi connectivity index (χ3v) is 4.24. The molecule has 1 fully saturated rings. The molecule has 2 aromatic rings. The first kappa shape index (κ1) is 13.9. The molecule has 1 unspecified atom stereocenters. The van der Waals surface area contributed by atoms with Crippen molar-refractivity contribution in [1.29, 1.82) is 0 Å². The molecule has 0 saturated carbocycles. The van der Waals surface area contributed by atoms with Crippen LogP contribution in [0.25, 0.3) is 0 Å². The highest BCUT2D eigenvalue weighted by atomic mass is 15.2. The van der Waals surface area contributed by atoms with E-state index in [-0.39, 0.29) is 0 Å². The maximum absolute atomic E-state index is 5.96. The van der Waals surface area contributed by atoms with E-state index in [2.05, 4.69) is 46.1 Å². The Labute approximate surface area is 126 Å². The highest BCUT2D eigenvalue weighted by molar-refractivity contribution is 5.52. The largest absolute Gasteiger partial charge is 0.382 e. The molecule has 4 nitrogen and oxygen atoms in total. The summed E-state index contributed by atoms with van der Waals surface area (Å²) in [5, 5.41) is 0. The van der Waals surface area contributed by atoms with Crippen molar-refractivity contribution in [3.8, 4) is 0 Å². The summed E-state index contributed by atoms with van der Waals surface area (Å²) in [6.45, 7) is 7.04. The smallest absolute Gasteiger partial charge is 0.153 e. The van der Waals surface area contributed by atoms with Gasteiger partial charge in [0, 0.05) is 6.54 Å². The molecule has 1 saturated heterocycles. The quantitative estimate of drug-likeness (QED) is 0.918. The zero-order valence-electron chi connectivity index (χ0n) is 12.9. The Morgan fingerprint density at radius 2 is 1.76 bits per heavy atom. The van der Waals surface area contributed by atoms with E-state index in [1.807, 2.05) is 13.8 Å². The Hall–Kier alpha value is -2.10. The maximum atomic E-state index is 5.96. The molecular formula is C17H22N4. The Kier molecular flexibility index (Phi) is 3.53. The molecular weight excluding hydrogens is 260 g/mol. The molecule has 0 amide bonds. The van der Waals surface area contributed by atoms with Gasteiger partial charge in [-0.1, -0.05) is 29.8 Å². The van der Waals surface area contributed by atoms with Gasteiger partial charge in [-0.15, -0.1) is 0 Å². The molecule has 0 radical (unpaired) electrons. The lowest BCUT2D eigenvalue weighted by Gasteiger charge is -2.27. The molecule has 0 aliphatic carbocycles. The first-order chi connectivity index (χ1) is 10.1. The van der Waals surface area contributed by atoms with Crippen molar-refractivity contribution in [2.75, 3.05) is 17.2 Å². The van der Waals surface area contributed by atoms with Gasteiger partial charge in [0.2, 0.25) is 0 Å². The van der Waals surface area contributed by atoms with Crippen LogP contribution in [0.5, 0.6) is 0 Å². The van der Waals surface area contributed by atoms with Crippen molar-refractivity contribution in [3.63, 3.8) is 0 Å². The van der Waals surface area contributed by atoms with Gasteiger partial charge >= 0.3 is 0 Å². The summed E-state index contributed by atoms with van der Waals surface area (Å²) in [5.41, 5.74) is 10.4. The molecule has 0 bridgehead atoms. The number of hydrogen-bond donors (Lipinski definition) is 1. The van der Waals surface area contributed by atoms with Crippen LogP contribution in [0.3, 0.4) is 0 Å². The molecule has 110 valence electrons. The summed E-state index contributed by atoms with van der Waals surface area (Å²) in [4.78, 5) is 11.5. The van der Waals surface area contributed by atoms with Gasteiger partial charge in [0.1, 0.15) is 5.82 Å². The Bertz CT molecular complexity index is 649. The predicted octanol–water partition coefficient (Wildman–Crippen LogP) is 3.33. The summed E-state index contributed by atoms with van der Waals surface area (Å²) in [7, 11) is 0. The van der Waals surface area contributed by atoms with Gasteiger partial charge in [-0.2, -0.15) is 0 Å². The van der Waals surface area contributed by atoms with Gasteiger partial charge in [-0.05, 0) is 39.2 Å². The molecule has 21 heavy (non-hydrogen) atoms. The normalized spacial score (nSPS) is 18.2. The van der Waals surface area contributed by atoms with Crippen molar-refractivity contribution in [2.24, 2.45) is 0 Å². The van der Waals surface area contributed by atoms with Crippen LogP contribution < -0.4 is 10.6 Å². The summed E-state index contributed by atoms with van der Waals surface area (Å²) in [6, 6.07) is 9.17. The lowest BCUT2D eigenvalue weighted by Crippen LogP contribution is -2.25. The molecule has 1 aromatic carbocycles. The van der Waals surface area contributed by atoms with Gasteiger partial charge < -0.3 is 10.6 Å². The predicted molar refractivity (Wildman–Crippen MR) is 86.4 cm³/mol. The second kappa shape index (κ2) is 5.35. The van der Waals surface area contributed by atoms with Crippen LogP contribution in [0.2, 0.25) is 0 Å². The maximum Gasteiger partial charge on any atom is 0.153 e. The average molecular weight is 282 g/mol. The molecule has 1 atom stereocenters. The van der Waals surface area contributed by atoms with E-state index >= 15 is 0 Å². The van der Waals surface area contributed by atoms with E-state index in [1.165, 1.54) is 17.5 Å². The van der Waals surface area contributed by atoms with Gasteiger partial charge in [0.05, 0.1) is 17.4 Å². The van der Waals surface area contributed by atoms with E-state index in [4.69, 9.17) is 5.73 Å². The van der Waals surface area contributed by atoms with Crippen molar-refractivity contribution < 1.29 is 0 Å². The third kappa shape index (κ3) is 2.58. The van der Waals surface area contributed by atoms with Crippen LogP contribution in [-0.2, 0) is 0 Å². The van der Waals surface area contributed by atoms with Gasteiger partial charge in [0.25, 0.3) is 0 Å². The van der Waals surface area contributed by atoms with E-state index in [1.54, 1.807) is 0 Å². The second-order valence-corrected chi connectivity index (χ2v) is 5.87. The van der Waals surface area contributed by atoms with E-state index < -0.39 is 0 Å². The summed E-state index contributed by atoms with van der Waals surface area (Å²) >= 11 is 0. The van der Waals surface area contributed by atoms with Crippen molar-refractivity contribution in [2.45, 2.75) is 39.7 Å². The molecule has 2 heterocycles. The van der Waals surface area contributed by atoms with Crippen LogP contribution in [0, 0.1) is 20.8 Å². The van der Waals surface area contributed by atoms with Gasteiger partial charge in [-0.25, -0.2) is 4.98 Å². The third-order valence-electron chi connectivity index (χ3n) is 4.24. The van der Waals surface area contributed by atoms with Gasteiger partial charge in [-0.3, -0.25) is 4.98 Å². The zero-order valence-corrected chi connectivity index (χ0v) is 12.9. The average Bonchev–Trinajstić information content (AvgIpc) is 2.93. The molecule has 0 spiro atoms. The number of nitrogen functional groups attached to an aromatic ring is 1. The van der Waals surface area contributed by atoms with Crippen LogP contribution in [0.1, 0.15) is 41.4 Å². The molecule has 1 aliphatic rings. The Morgan fingerprint density at radius 3 is 2.48 bits per heavy atom. The molecule has 3 rings (SSSR count). The number of aryl methyl sites for hydroxylation is 3. The lowest BCUT2D eigenvalue weighted by molar-refractivity contribution is 0.707. The van der Waals surface area contributed by atoms with Crippen molar-refractivity contribution >= 4 is 11.6 Å². The zero-order chi connectivity index (χ0) is 15.0. The van der Waals surface area contributed by atoms with Crippen molar-refractivity contribution in [3.05, 3.63) is 46.8 Å². The highest BCUT2D eigenvalue weighted by Crippen LogP contribution is 2.36. The summed E-state index contributed by atoms with van der Waals surface area (Å²) in [6.07, 6.45) is 2.32. The van der Waals surface area contributed by atoms with E-state index in [9.17, 15) is 0 Å². The fourth-order valence-electron chi connectivity index (χ4n) is 3.06. The minimum Gasteiger partial charge on any atom is -0.382 e. The van der Waals surface area contributed by atoms with Gasteiger partial charge in [0.15, 0.2) is 5.82 Å². The van der Waals surface area contributed by atoms with E-state index in [0.29, 0.717) is 11.9 Å². The molecule has 4 heteroatoms. The Morgan fingerprint density at radius 1 is 1.05 bits per heavy atom. The van der Waals surface area contributed by atoms with Crippen molar-refractivity contribution in [1.82, 2.24) is 9.97 Å². The topological polar surface area (TPSA) is 55.0 Å². The monoisotopic (exact) mass is 282 g/mol. The standard InChI is InChI=1S/C17H22N4/c1-11-6-8-14(9-7-11)15-5-4-10-21(15)17-13(3)19-12(2)16(18)20-17/h6-9,15H,4-5,10H2,1-3H3,(H2,18,20). The minimum absolute atomic E-state index is 0.376. The second-order valence-electron chi connectivity index (χ2n) is 5.87. The fourth-order valence-corrected chi connectivity index (χ4v) is 3.06. The number of benzene rings is 1. The number of hydrogen-bond acceptors (Lipinski definition) is 4. The fraction of sp³-hybridized carbons (Fsp3) is 0.412. The van der Waals surface area contributed by atoms with Crippen LogP contribution >= 0.6 is 0 Å². The van der Waals surface area contributed by atoms with Crippen LogP contribution in [-0.4, -0.2) is 16.5 Å². The summed E-state index contributed by atoms with van der Waals surface area (Å²) in [5.74, 6) is 1.46. The molecule has 1 aliphatic heterocycles. The summed E-state index contributed by atoms with van der Waals surface area (Å²) < 4.78 is 0. The van der Waals surface area contributed by atoms with Crippen LogP contribution in [0.15, 0.2) is 24.3 Å². The van der Waals surface area contributed by atoms with E-state index in [0.717, 1.165) is 30.2 Å². The van der Waals surface area contributed by atoms with Crippen LogP contribution in [0.4, 0.5) is 11.6 Å². The lowest BCUT2D eigenvalue weighted by atomic mass is 10.0. The number of anilines is 2. The number of nitrogens with two attached hydrogens (primary N) is 1. The first-order valence-electron chi connectivity index (χ1n) is 7.50. The number of nitrogens with zero attached hydrogens (tertiary/aromatic N) is 3. The molecule has 1 aromatic heterocycles. The number of rotatable bonds is 2.